The van der Waals surface area contributed by atoms with Gasteiger partial charge in [-0.05, 0) is 110 Å². The van der Waals surface area contributed by atoms with Crippen molar-refractivity contribution in [3.63, 3.8) is 0 Å². The van der Waals surface area contributed by atoms with E-state index in [4.69, 9.17) is 55.9 Å². The molecule has 0 radical (unpaired) electrons. The van der Waals surface area contributed by atoms with Crippen molar-refractivity contribution in [3.05, 3.63) is 37.0 Å². The molecule has 8 saturated heterocycles. The zero-order valence-electron chi connectivity index (χ0n) is 48.2. The predicted octanol–water partition coefficient (Wildman–Crippen LogP) is 12.1. The Kier molecular flexibility index (Phi) is 21.6. The number of rotatable bonds is 31. The van der Waals surface area contributed by atoms with Crippen LogP contribution in [-0.2, 0) is 60.7 Å². The second kappa shape index (κ2) is 26.4. The Morgan fingerprint density at radius 3 is 1.97 bits per heavy atom. The molecule has 0 aromatic heterocycles. The van der Waals surface area contributed by atoms with Gasteiger partial charge in [-0.15, -0.1) is 6.58 Å². The van der Waals surface area contributed by atoms with E-state index < -0.39 is 30.7 Å². The van der Waals surface area contributed by atoms with Crippen molar-refractivity contribution < 1.29 is 60.7 Å². The summed E-state index contributed by atoms with van der Waals surface area (Å²) in [6.07, 6.45) is 7.09. The van der Waals surface area contributed by atoms with Crippen molar-refractivity contribution in [2.24, 2.45) is 11.8 Å². The van der Waals surface area contributed by atoms with Gasteiger partial charge >= 0.3 is 5.97 Å². The first-order chi connectivity index (χ1) is 35.5. The summed E-state index contributed by atoms with van der Waals surface area (Å²) in [5, 5.41) is 0. The summed E-state index contributed by atoms with van der Waals surface area (Å²) in [6, 6.07) is 9.55. The molecule has 74 heavy (non-hydrogen) atoms. The molecule has 0 saturated carbocycles. The zero-order chi connectivity index (χ0) is 53.6. The molecular formula is C58H102O13Si3. The Balaban J connectivity index is 0.980. The Morgan fingerprint density at radius 2 is 1.35 bits per heavy atom. The van der Waals surface area contributed by atoms with Gasteiger partial charge in [-0.1, -0.05) is 88.5 Å². The van der Waals surface area contributed by atoms with Gasteiger partial charge in [-0.2, -0.15) is 0 Å². The van der Waals surface area contributed by atoms with E-state index in [-0.39, 0.29) is 116 Å². The van der Waals surface area contributed by atoms with Crippen LogP contribution in [-0.4, -0.2) is 149 Å². The normalized spacial score (nSPS) is 37.5. The van der Waals surface area contributed by atoms with Crippen molar-refractivity contribution in [1.82, 2.24) is 0 Å². The fraction of sp³-hybridized carbons (Fsp3) is 0.879. The molecule has 0 aromatic carbocycles. The maximum absolute atomic E-state index is 13.1. The average Bonchev–Trinajstić information content (AvgIpc) is 4.10. The van der Waals surface area contributed by atoms with Crippen molar-refractivity contribution in [1.29, 1.82) is 0 Å². The van der Waals surface area contributed by atoms with Crippen LogP contribution in [0.5, 0.6) is 0 Å². The molecule has 13 nitrogen and oxygen atoms in total. The van der Waals surface area contributed by atoms with E-state index in [0.29, 0.717) is 38.7 Å². The fourth-order valence-corrected chi connectivity index (χ4v) is 22.7. The van der Waals surface area contributed by atoms with Gasteiger partial charge in [0.2, 0.25) is 0 Å². The molecule has 0 N–H and O–H groups in total. The molecule has 6 bridgehead atoms. The van der Waals surface area contributed by atoms with Crippen LogP contribution in [0.1, 0.15) is 140 Å². The van der Waals surface area contributed by atoms with Gasteiger partial charge in [-0.3, -0.25) is 4.79 Å². The largest absolute Gasteiger partial charge is 0.469 e. The number of esters is 1. The number of methoxy groups -OCH3 is 2. The van der Waals surface area contributed by atoms with E-state index in [9.17, 15) is 4.79 Å². The fourth-order valence-electron chi connectivity index (χ4n) is 14.3. The molecular weight excluding hydrogens is 989 g/mol. The van der Waals surface area contributed by atoms with Gasteiger partial charge in [0.15, 0.2) is 30.7 Å². The summed E-state index contributed by atoms with van der Waals surface area (Å²) in [4.78, 5) is 13.1. The smallest absolute Gasteiger partial charge is 0.305 e. The number of carbonyl (C=O) groups excluding carboxylic acids is 1. The van der Waals surface area contributed by atoms with E-state index in [1.54, 1.807) is 7.11 Å². The lowest BCUT2D eigenvalue weighted by Gasteiger charge is -2.47. The molecule has 0 amide bonds. The number of carbonyl (C=O) groups is 1. The highest BCUT2D eigenvalue weighted by atomic mass is 28.4. The predicted molar refractivity (Wildman–Crippen MR) is 298 cm³/mol. The lowest BCUT2D eigenvalue weighted by atomic mass is 9.82. The maximum atomic E-state index is 13.1. The van der Waals surface area contributed by atoms with Crippen LogP contribution in [0.3, 0.4) is 0 Å². The van der Waals surface area contributed by atoms with Crippen LogP contribution >= 0.6 is 0 Å². The molecule has 0 aliphatic carbocycles. The lowest BCUT2D eigenvalue weighted by Crippen LogP contribution is -2.62. The molecule has 8 rings (SSSR count). The molecule has 1 unspecified atom stereocenters. The first kappa shape index (κ1) is 60.5. The van der Waals surface area contributed by atoms with E-state index in [0.717, 1.165) is 97.6 Å². The molecule has 18 atom stereocenters. The summed E-state index contributed by atoms with van der Waals surface area (Å²) in [5.74, 6) is -1.00. The van der Waals surface area contributed by atoms with Gasteiger partial charge in [-0.25, -0.2) is 0 Å². The third-order valence-electron chi connectivity index (χ3n) is 19.9. The minimum absolute atomic E-state index is 0.0147. The standard InChI is InChI=1S/C58H102O13Si3/c1-16-26-46-54(71-74(23-8,24-9)25-10)57-56-55(66-46)53-50(67-56)36-58(68-53,69-57)30-29-42-32-39(12)45(63-42)28-27-41-31-38(11)40(13)47(64-41)35-48-44(34-51(59)60-14)52(61-15)49(65-48)33-43(70-73(20-5,21-6)22-7)37-62-72(17-2,18-3)19-4/h16,38,41-50,52-57H,1,12-13,17-37H2,2-11,14-15H3/t38-,41+,42+,43+,44+,45+,46+,47-,48+,49-,50-,52-,53+,54+,55+,56-,57-,58?/m1/s1. The highest BCUT2D eigenvalue weighted by Gasteiger charge is 2.68. The van der Waals surface area contributed by atoms with E-state index in [2.05, 4.69) is 89.0 Å². The summed E-state index contributed by atoms with van der Waals surface area (Å²) in [6.45, 7) is 36.5. The minimum Gasteiger partial charge on any atom is -0.469 e. The van der Waals surface area contributed by atoms with Crippen molar-refractivity contribution in [3.8, 4) is 0 Å². The van der Waals surface area contributed by atoms with Crippen LogP contribution in [0.25, 0.3) is 0 Å². The summed E-state index contributed by atoms with van der Waals surface area (Å²) in [5.41, 5.74) is 2.21. The lowest BCUT2D eigenvalue weighted by molar-refractivity contribution is -0.271. The van der Waals surface area contributed by atoms with Crippen LogP contribution < -0.4 is 0 Å². The van der Waals surface area contributed by atoms with Crippen molar-refractivity contribution >= 4 is 30.9 Å². The molecule has 16 heteroatoms. The molecule has 0 aromatic rings. The molecule has 8 aliphatic heterocycles. The number of ether oxygens (including phenoxy) is 9. The van der Waals surface area contributed by atoms with Crippen LogP contribution in [0.15, 0.2) is 37.0 Å². The second-order valence-electron chi connectivity index (χ2n) is 23.5. The SMILES string of the molecule is C=CC[C@@H]1O[C@@H]2[C@H]3O[C@@H]4CC(CC[C@H]5CC(=C)[C@H](CC[C@H]6C[C@@H](C)C(=C)[C@@H](C[C@@H]7O[C@H](C[C@@H](CO[Si](CC)(CC)CC)O[Si](CC)(CC)CC)[C@H](OC)[C@H]7CC(=O)OC)O6)O5)(O[C@@H]3[C@H]1O[Si](CC)(CC)CC)O[C@H]24. The van der Waals surface area contributed by atoms with Gasteiger partial charge in [0.1, 0.15) is 30.5 Å². The highest BCUT2D eigenvalue weighted by Crippen LogP contribution is 2.54. The quantitative estimate of drug-likeness (QED) is 0.0371. The third-order valence-corrected chi connectivity index (χ3v) is 33.8. The zero-order valence-corrected chi connectivity index (χ0v) is 51.2. The molecule has 0 spiro atoms. The van der Waals surface area contributed by atoms with Gasteiger partial charge < -0.3 is 55.9 Å². The first-order valence-electron chi connectivity index (χ1n) is 29.7. The molecule has 8 aliphatic rings. The monoisotopic (exact) mass is 1090 g/mol. The Bertz CT molecular complexity index is 1820. The number of hydrogen-bond acceptors (Lipinski definition) is 13. The second-order valence-corrected chi connectivity index (χ2v) is 37.7. The summed E-state index contributed by atoms with van der Waals surface area (Å²) < 4.78 is 81.7. The summed E-state index contributed by atoms with van der Waals surface area (Å²) in [7, 11) is -2.71. The highest BCUT2D eigenvalue weighted by molar-refractivity contribution is 6.74. The Morgan fingerprint density at radius 1 is 0.716 bits per heavy atom. The third kappa shape index (κ3) is 13.1. The van der Waals surface area contributed by atoms with Gasteiger partial charge in [0.05, 0.1) is 81.2 Å². The van der Waals surface area contributed by atoms with Crippen LogP contribution in [0.2, 0.25) is 54.4 Å². The molecule has 8 fully saturated rings. The molecule has 8 heterocycles. The van der Waals surface area contributed by atoms with Crippen molar-refractivity contribution in [2.45, 2.75) is 292 Å². The number of hydrogen-bond donors (Lipinski definition) is 0. The maximum Gasteiger partial charge on any atom is 0.305 e. The van der Waals surface area contributed by atoms with E-state index >= 15 is 0 Å². The van der Waals surface area contributed by atoms with E-state index in [1.165, 1.54) is 7.11 Å². The minimum atomic E-state index is -2.01. The topological polar surface area (TPSA) is 128 Å². The molecule has 424 valence electrons. The average molecular weight is 1090 g/mol. The van der Waals surface area contributed by atoms with E-state index in [1.807, 2.05) is 6.08 Å². The van der Waals surface area contributed by atoms with Gasteiger partial charge in [0, 0.05) is 38.7 Å². The first-order valence-corrected chi connectivity index (χ1v) is 37.3. The van der Waals surface area contributed by atoms with Gasteiger partial charge in [0.25, 0.3) is 0 Å². The van der Waals surface area contributed by atoms with Crippen molar-refractivity contribution in [2.75, 3.05) is 20.8 Å². The van der Waals surface area contributed by atoms with Crippen LogP contribution in [0.4, 0.5) is 0 Å². The Labute approximate surface area is 450 Å². The summed E-state index contributed by atoms with van der Waals surface area (Å²) >= 11 is 0. The Hall–Kier alpha value is -1.10. The van der Waals surface area contributed by atoms with Crippen LogP contribution in [0, 0.1) is 11.8 Å².